The van der Waals surface area contributed by atoms with Gasteiger partial charge in [0.15, 0.2) is 0 Å². The Hall–Kier alpha value is -1.43. The zero-order valence-corrected chi connectivity index (χ0v) is 7.79. The highest BCUT2D eigenvalue weighted by molar-refractivity contribution is 7.07. The van der Waals surface area contributed by atoms with Crippen molar-refractivity contribution in [1.82, 2.24) is 4.98 Å². The number of amides is 2. The molecule has 0 bridgehead atoms. The molecule has 13 heavy (non-hydrogen) atoms. The first-order valence-corrected chi connectivity index (χ1v) is 4.46. The van der Waals surface area contributed by atoms with E-state index >= 15 is 0 Å². The Labute approximate surface area is 79.8 Å². The quantitative estimate of drug-likeness (QED) is 0.713. The summed E-state index contributed by atoms with van der Waals surface area (Å²) in [7, 11) is 0. The minimum absolute atomic E-state index is 0.0509. The summed E-state index contributed by atoms with van der Waals surface area (Å²) in [4.78, 5) is 23.6. The minimum atomic E-state index is -0.496. The van der Waals surface area contributed by atoms with Crippen LogP contribution in [0.25, 0.3) is 0 Å². The molecule has 0 aliphatic heterocycles. The first-order valence-electron chi connectivity index (χ1n) is 3.51. The number of carbonyl (C=O) groups is 2. The molecular weight excluding hydrogens is 190 g/mol. The highest BCUT2D eigenvalue weighted by Gasteiger charge is 1.96. The second-order valence-electron chi connectivity index (χ2n) is 2.11. The topological polar surface area (TPSA) is 99.1 Å². The van der Waals surface area contributed by atoms with Crippen LogP contribution in [0.2, 0.25) is 0 Å². The third-order valence-electron chi connectivity index (χ3n) is 0.965. The average Bonchev–Trinajstić information content (AvgIpc) is 2.57. The lowest BCUT2D eigenvalue weighted by atomic mass is 10.3. The number of hydrogen-bond donors (Lipinski definition) is 2. The average molecular weight is 201 g/mol. The third kappa shape index (κ3) is 10.6. The van der Waals surface area contributed by atoms with Gasteiger partial charge in [0.05, 0.1) is 5.51 Å². The Bertz CT molecular complexity index is 217. The fraction of sp³-hybridized carbons (Fsp3) is 0.286. The molecule has 0 aromatic carbocycles. The van der Waals surface area contributed by atoms with Crippen LogP contribution in [-0.2, 0) is 9.59 Å². The molecule has 0 unspecified atom stereocenters. The summed E-state index contributed by atoms with van der Waals surface area (Å²) < 4.78 is 0. The Kier molecular flexibility index (Phi) is 6.44. The molecule has 4 N–H and O–H groups in total. The van der Waals surface area contributed by atoms with Gasteiger partial charge in [-0.05, 0) is 0 Å². The predicted octanol–water partition coefficient (Wildman–Crippen LogP) is -0.120. The van der Waals surface area contributed by atoms with Crippen LogP contribution in [-0.4, -0.2) is 16.8 Å². The van der Waals surface area contributed by atoms with Crippen molar-refractivity contribution in [3.8, 4) is 0 Å². The van der Waals surface area contributed by atoms with Crippen molar-refractivity contribution in [2.75, 3.05) is 0 Å². The van der Waals surface area contributed by atoms with E-state index in [1.165, 1.54) is 0 Å². The number of hydrogen-bond acceptors (Lipinski definition) is 4. The molecule has 0 spiro atoms. The van der Waals surface area contributed by atoms with Gasteiger partial charge in [0.2, 0.25) is 11.8 Å². The van der Waals surface area contributed by atoms with Crippen molar-refractivity contribution in [2.24, 2.45) is 11.5 Å². The van der Waals surface area contributed by atoms with Gasteiger partial charge in [-0.1, -0.05) is 0 Å². The number of thiazole rings is 1. The van der Waals surface area contributed by atoms with Crippen LogP contribution in [0.5, 0.6) is 0 Å². The molecule has 0 atom stereocenters. The molecular formula is C7H11N3O2S. The van der Waals surface area contributed by atoms with Gasteiger partial charge in [0.25, 0.3) is 0 Å². The maximum atomic E-state index is 9.92. The molecule has 72 valence electrons. The van der Waals surface area contributed by atoms with Crippen LogP contribution >= 0.6 is 11.3 Å². The van der Waals surface area contributed by atoms with E-state index in [2.05, 4.69) is 4.98 Å². The van der Waals surface area contributed by atoms with Gasteiger partial charge < -0.3 is 11.5 Å². The van der Waals surface area contributed by atoms with Crippen molar-refractivity contribution in [3.63, 3.8) is 0 Å². The van der Waals surface area contributed by atoms with Crippen LogP contribution in [0.15, 0.2) is 17.1 Å². The Morgan fingerprint density at radius 1 is 1.23 bits per heavy atom. The molecule has 0 saturated heterocycles. The molecule has 2 amide bonds. The van der Waals surface area contributed by atoms with Crippen LogP contribution in [0, 0.1) is 0 Å². The van der Waals surface area contributed by atoms with Crippen molar-refractivity contribution in [3.05, 3.63) is 17.1 Å². The molecule has 5 nitrogen and oxygen atoms in total. The minimum Gasteiger partial charge on any atom is -0.370 e. The normalized spacial score (nSPS) is 8.31. The number of primary amides is 2. The highest BCUT2D eigenvalue weighted by Crippen LogP contribution is 1.86. The van der Waals surface area contributed by atoms with Gasteiger partial charge >= 0.3 is 0 Å². The largest absolute Gasteiger partial charge is 0.370 e. The first kappa shape index (κ1) is 11.6. The summed E-state index contributed by atoms with van der Waals surface area (Å²) in [6, 6.07) is 0. The summed E-state index contributed by atoms with van der Waals surface area (Å²) in [6.45, 7) is 0. The summed E-state index contributed by atoms with van der Waals surface area (Å²) in [6.07, 6.45) is 1.87. The van der Waals surface area contributed by atoms with Crippen molar-refractivity contribution < 1.29 is 9.59 Å². The standard InChI is InChI=1S/C4H8N2O2.C3H3NS/c5-3(7)1-2-4(6)8;1-2-5-3-4-1/h1-2H2,(H2,5,7)(H2,6,8);1-3H. The molecule has 0 saturated carbocycles. The van der Waals surface area contributed by atoms with Gasteiger partial charge in [0, 0.05) is 24.4 Å². The van der Waals surface area contributed by atoms with Gasteiger partial charge in [-0.3, -0.25) is 14.6 Å². The summed E-state index contributed by atoms with van der Waals surface area (Å²) >= 11 is 1.60. The van der Waals surface area contributed by atoms with E-state index in [0.717, 1.165) is 0 Å². The lowest BCUT2D eigenvalue weighted by Gasteiger charge is -1.87. The summed E-state index contributed by atoms with van der Waals surface area (Å²) in [5.41, 5.74) is 11.2. The smallest absolute Gasteiger partial charge is 0.217 e. The SMILES string of the molecule is NC(=O)CCC(N)=O.c1cscn1. The van der Waals surface area contributed by atoms with E-state index < -0.39 is 11.8 Å². The highest BCUT2D eigenvalue weighted by atomic mass is 32.1. The Morgan fingerprint density at radius 3 is 1.92 bits per heavy atom. The Balaban J connectivity index is 0.000000243. The zero-order chi connectivity index (χ0) is 10.1. The van der Waals surface area contributed by atoms with E-state index in [1.54, 1.807) is 23.0 Å². The fourth-order valence-electron chi connectivity index (χ4n) is 0.422. The van der Waals surface area contributed by atoms with Crippen molar-refractivity contribution in [1.29, 1.82) is 0 Å². The number of carbonyl (C=O) groups excluding carboxylic acids is 2. The van der Waals surface area contributed by atoms with Gasteiger partial charge in [-0.2, -0.15) is 0 Å². The second kappa shape index (κ2) is 7.23. The van der Waals surface area contributed by atoms with E-state index in [1.807, 2.05) is 5.38 Å². The van der Waals surface area contributed by atoms with Gasteiger partial charge in [-0.15, -0.1) is 11.3 Å². The van der Waals surface area contributed by atoms with Crippen LogP contribution in [0.4, 0.5) is 0 Å². The molecule has 1 heterocycles. The summed E-state index contributed by atoms with van der Waals surface area (Å²) in [5, 5.41) is 1.93. The molecule has 1 aromatic rings. The van der Waals surface area contributed by atoms with Crippen molar-refractivity contribution in [2.45, 2.75) is 12.8 Å². The van der Waals surface area contributed by atoms with Gasteiger partial charge in [-0.25, -0.2) is 0 Å². The lowest BCUT2D eigenvalue weighted by Crippen LogP contribution is -2.16. The Morgan fingerprint density at radius 2 is 1.77 bits per heavy atom. The van der Waals surface area contributed by atoms with Crippen LogP contribution in [0.3, 0.4) is 0 Å². The van der Waals surface area contributed by atoms with E-state index in [9.17, 15) is 9.59 Å². The van der Waals surface area contributed by atoms with E-state index in [4.69, 9.17) is 11.5 Å². The maximum absolute atomic E-state index is 9.92. The molecule has 6 heteroatoms. The molecule has 0 aliphatic carbocycles. The molecule has 1 rings (SSSR count). The number of aromatic nitrogens is 1. The predicted molar refractivity (Wildman–Crippen MR) is 49.7 cm³/mol. The first-order chi connectivity index (χ1) is 6.13. The van der Waals surface area contributed by atoms with Crippen molar-refractivity contribution >= 4 is 23.2 Å². The molecule has 0 radical (unpaired) electrons. The van der Waals surface area contributed by atoms with Gasteiger partial charge in [0.1, 0.15) is 0 Å². The zero-order valence-electron chi connectivity index (χ0n) is 6.97. The van der Waals surface area contributed by atoms with E-state index in [-0.39, 0.29) is 12.8 Å². The van der Waals surface area contributed by atoms with Crippen LogP contribution in [0.1, 0.15) is 12.8 Å². The number of nitrogens with zero attached hydrogens (tertiary/aromatic N) is 1. The van der Waals surface area contributed by atoms with Crippen LogP contribution < -0.4 is 11.5 Å². The molecule has 0 fully saturated rings. The lowest BCUT2D eigenvalue weighted by molar-refractivity contribution is -0.123. The third-order valence-corrected chi connectivity index (χ3v) is 1.49. The summed E-state index contributed by atoms with van der Waals surface area (Å²) in [5.74, 6) is -0.993. The number of nitrogens with two attached hydrogens (primary N) is 2. The monoisotopic (exact) mass is 201 g/mol. The fourth-order valence-corrected chi connectivity index (χ4v) is 0.773. The molecule has 0 aliphatic rings. The second-order valence-corrected chi connectivity index (χ2v) is 2.86. The van der Waals surface area contributed by atoms with E-state index in [0.29, 0.717) is 0 Å². The maximum Gasteiger partial charge on any atom is 0.217 e. The molecule has 1 aromatic heterocycles. The number of rotatable bonds is 3.